The van der Waals surface area contributed by atoms with E-state index in [0.717, 1.165) is 0 Å². The van der Waals surface area contributed by atoms with Crippen LogP contribution in [0, 0.1) is 6.92 Å². The fourth-order valence-corrected chi connectivity index (χ4v) is 6.73. The molecule has 0 saturated carbocycles. The van der Waals surface area contributed by atoms with Crippen LogP contribution in [0.3, 0.4) is 0 Å². The van der Waals surface area contributed by atoms with E-state index in [0.29, 0.717) is 78.1 Å². The van der Waals surface area contributed by atoms with Gasteiger partial charge in [-0.05, 0) is 74.9 Å². The standard InChI is InChI=1S/C41H47N3O10/c1-24-10-9-13-28(45)12-8-6-7-11-27-20-33(46)38(39(48)37(27)41(50)54-24)30(26-14-16-29(51-3)17-15-26)22-36(47)42-18-19-44-25(2)43-32-23-35(53-5)34(52-4)21-31(32)40(44)49/h7,11,14-17,20-21,23-24,30,46,48H,6,8-10,12-13,18-19,22H2,1-5H3,(H,42,47). The summed E-state index contributed by atoms with van der Waals surface area (Å²) in [6.45, 7) is 3.60. The van der Waals surface area contributed by atoms with Gasteiger partial charge < -0.3 is 34.5 Å². The summed E-state index contributed by atoms with van der Waals surface area (Å²) in [5, 5.41) is 26.5. The SMILES string of the molecule is COc1ccc(C(CC(=O)NCCn2c(C)nc3cc(OC)c(OC)cc3c2=O)c2c(O)cc3c(c2O)C(=O)OC(C)CCCC(=O)CCCC=C3)cc1. The number of rotatable bonds is 10. The molecule has 286 valence electrons. The summed E-state index contributed by atoms with van der Waals surface area (Å²) in [4.78, 5) is 57.6. The third kappa shape index (κ3) is 9.02. The number of carbonyl (C=O) groups excluding carboxylic acids is 3. The highest BCUT2D eigenvalue weighted by Gasteiger charge is 2.31. The van der Waals surface area contributed by atoms with Crippen molar-refractivity contribution < 1.29 is 43.5 Å². The molecule has 54 heavy (non-hydrogen) atoms. The van der Waals surface area contributed by atoms with E-state index in [1.54, 1.807) is 62.4 Å². The molecule has 1 amide bonds. The van der Waals surface area contributed by atoms with Crippen molar-refractivity contribution >= 4 is 34.6 Å². The zero-order valence-corrected chi connectivity index (χ0v) is 31.3. The molecule has 0 radical (unpaired) electrons. The second-order valence-electron chi connectivity index (χ2n) is 13.3. The van der Waals surface area contributed by atoms with Crippen LogP contribution < -0.4 is 25.1 Å². The molecule has 1 aliphatic heterocycles. The molecule has 0 fully saturated rings. The van der Waals surface area contributed by atoms with Gasteiger partial charge in [-0.25, -0.2) is 9.78 Å². The van der Waals surface area contributed by atoms with Crippen molar-refractivity contribution in [2.75, 3.05) is 27.9 Å². The van der Waals surface area contributed by atoms with Gasteiger partial charge in [0.15, 0.2) is 11.5 Å². The number of hydrogen-bond acceptors (Lipinski definition) is 11. The van der Waals surface area contributed by atoms with Crippen molar-refractivity contribution in [3.63, 3.8) is 0 Å². The van der Waals surface area contributed by atoms with E-state index in [2.05, 4.69) is 10.3 Å². The summed E-state index contributed by atoms with van der Waals surface area (Å²) in [6, 6.07) is 11.4. The number of ether oxygens (including phenoxy) is 4. The summed E-state index contributed by atoms with van der Waals surface area (Å²) in [5.74, 6) is -0.978. The number of methoxy groups -OCH3 is 3. The number of esters is 1. The molecule has 1 aromatic heterocycles. The maximum absolute atomic E-state index is 13.7. The number of phenolic OH excluding ortho intramolecular Hbond substituents is 2. The lowest BCUT2D eigenvalue weighted by Crippen LogP contribution is -2.33. The zero-order valence-electron chi connectivity index (χ0n) is 31.3. The number of Topliss-reactive ketones (excluding diaryl/α,β-unsaturated/α-hetero) is 1. The minimum Gasteiger partial charge on any atom is -0.507 e. The first-order chi connectivity index (χ1) is 25.9. The number of phenols is 2. The molecule has 13 nitrogen and oxygen atoms in total. The molecule has 0 spiro atoms. The Kier molecular flexibility index (Phi) is 13.0. The van der Waals surface area contributed by atoms with Crippen LogP contribution in [0.25, 0.3) is 17.0 Å². The molecule has 3 aromatic carbocycles. The highest BCUT2D eigenvalue weighted by atomic mass is 16.5. The Morgan fingerprint density at radius 3 is 2.41 bits per heavy atom. The van der Waals surface area contributed by atoms with Gasteiger partial charge >= 0.3 is 5.97 Å². The number of aromatic nitrogens is 2. The molecule has 0 saturated heterocycles. The molecule has 0 bridgehead atoms. The van der Waals surface area contributed by atoms with Crippen molar-refractivity contribution in [3.05, 3.63) is 87.0 Å². The number of aryl methyl sites for hydroxylation is 1. The second-order valence-corrected chi connectivity index (χ2v) is 13.3. The smallest absolute Gasteiger partial charge is 0.342 e. The van der Waals surface area contributed by atoms with Gasteiger partial charge in [0, 0.05) is 49.9 Å². The zero-order chi connectivity index (χ0) is 38.9. The number of aromatic hydroxyl groups is 2. The number of hydrogen-bond donors (Lipinski definition) is 3. The van der Waals surface area contributed by atoms with Crippen LogP contribution in [0.1, 0.15) is 90.7 Å². The molecule has 2 heterocycles. The Labute approximate surface area is 313 Å². The van der Waals surface area contributed by atoms with Gasteiger partial charge in [0.1, 0.15) is 34.4 Å². The maximum Gasteiger partial charge on any atom is 0.342 e. The Morgan fingerprint density at radius 1 is 1.00 bits per heavy atom. The average Bonchev–Trinajstić information content (AvgIpc) is 3.14. The van der Waals surface area contributed by atoms with Crippen LogP contribution in [-0.2, 0) is 20.9 Å². The molecule has 13 heteroatoms. The van der Waals surface area contributed by atoms with Crippen molar-refractivity contribution in [2.24, 2.45) is 0 Å². The monoisotopic (exact) mass is 741 g/mol. The molecule has 0 aliphatic carbocycles. The van der Waals surface area contributed by atoms with Gasteiger partial charge in [-0.15, -0.1) is 0 Å². The van der Waals surface area contributed by atoms with E-state index >= 15 is 0 Å². The largest absolute Gasteiger partial charge is 0.507 e. The predicted molar refractivity (Wildman–Crippen MR) is 203 cm³/mol. The lowest BCUT2D eigenvalue weighted by atomic mass is 9.84. The predicted octanol–water partition coefficient (Wildman–Crippen LogP) is 5.96. The molecule has 2 unspecified atom stereocenters. The van der Waals surface area contributed by atoms with Crippen LogP contribution in [0.2, 0.25) is 0 Å². The normalized spacial score (nSPS) is 15.8. The number of nitrogens with zero attached hydrogens (tertiary/aromatic N) is 2. The van der Waals surface area contributed by atoms with E-state index in [9.17, 15) is 29.4 Å². The van der Waals surface area contributed by atoms with Crippen LogP contribution >= 0.6 is 0 Å². The van der Waals surface area contributed by atoms with Crippen molar-refractivity contribution in [3.8, 4) is 28.7 Å². The quantitative estimate of drug-likeness (QED) is 0.164. The number of ketones is 1. The fraction of sp³-hybridized carbons (Fsp3) is 0.390. The number of carbonyl (C=O) groups is 3. The molecular weight excluding hydrogens is 694 g/mol. The number of cyclic esters (lactones) is 1. The Morgan fingerprint density at radius 2 is 1.70 bits per heavy atom. The van der Waals surface area contributed by atoms with E-state index in [1.165, 1.54) is 32.0 Å². The van der Waals surface area contributed by atoms with Gasteiger partial charge in [-0.1, -0.05) is 24.3 Å². The highest BCUT2D eigenvalue weighted by Crippen LogP contribution is 2.44. The van der Waals surface area contributed by atoms with Crippen molar-refractivity contribution in [1.82, 2.24) is 14.9 Å². The topological polar surface area (TPSA) is 176 Å². The number of benzene rings is 3. The van der Waals surface area contributed by atoms with Gasteiger partial charge in [0.25, 0.3) is 5.56 Å². The third-order valence-electron chi connectivity index (χ3n) is 9.62. The number of allylic oxidation sites excluding steroid dienone is 1. The van der Waals surface area contributed by atoms with E-state index in [4.69, 9.17) is 18.9 Å². The fourth-order valence-electron chi connectivity index (χ4n) is 6.73. The Hall–Kier alpha value is -5.85. The molecule has 3 N–H and O–H groups in total. The van der Waals surface area contributed by atoms with Crippen LogP contribution in [0.15, 0.2) is 53.3 Å². The second kappa shape index (κ2) is 17.8. The van der Waals surface area contributed by atoms with Crippen molar-refractivity contribution in [2.45, 2.75) is 77.4 Å². The highest BCUT2D eigenvalue weighted by molar-refractivity contribution is 5.98. The summed E-state index contributed by atoms with van der Waals surface area (Å²) in [5.41, 5.74) is 0.789. The lowest BCUT2D eigenvalue weighted by molar-refractivity contribution is -0.121. The van der Waals surface area contributed by atoms with Gasteiger partial charge in [-0.2, -0.15) is 0 Å². The van der Waals surface area contributed by atoms with E-state index in [1.807, 2.05) is 0 Å². The summed E-state index contributed by atoms with van der Waals surface area (Å²) in [6.07, 6.45) is 5.68. The molecular formula is C41H47N3O10. The summed E-state index contributed by atoms with van der Waals surface area (Å²) in [7, 11) is 4.50. The van der Waals surface area contributed by atoms with Crippen molar-refractivity contribution in [1.29, 1.82) is 0 Å². The van der Waals surface area contributed by atoms with Gasteiger partial charge in [-0.3, -0.25) is 19.0 Å². The van der Waals surface area contributed by atoms with Crippen LogP contribution in [0.4, 0.5) is 0 Å². The molecule has 4 aromatic rings. The first-order valence-electron chi connectivity index (χ1n) is 18.0. The van der Waals surface area contributed by atoms with E-state index < -0.39 is 29.6 Å². The number of amides is 1. The Bertz CT molecular complexity index is 2110. The number of nitrogens with one attached hydrogen (secondary N) is 1. The minimum absolute atomic E-state index is 0.0195. The molecule has 5 rings (SSSR count). The average molecular weight is 742 g/mol. The van der Waals surface area contributed by atoms with Gasteiger partial charge in [0.2, 0.25) is 5.91 Å². The number of fused-ring (bicyclic) bond motifs is 2. The maximum atomic E-state index is 13.7. The summed E-state index contributed by atoms with van der Waals surface area (Å²) >= 11 is 0. The lowest BCUT2D eigenvalue weighted by Gasteiger charge is -2.23. The molecule has 1 aliphatic rings. The first-order valence-corrected chi connectivity index (χ1v) is 18.0. The summed E-state index contributed by atoms with van der Waals surface area (Å²) < 4.78 is 23.2. The van der Waals surface area contributed by atoms with Crippen LogP contribution in [0.5, 0.6) is 28.7 Å². The molecule has 2 atom stereocenters. The third-order valence-corrected chi connectivity index (χ3v) is 9.62. The Balaban J connectivity index is 1.46. The van der Waals surface area contributed by atoms with E-state index in [-0.39, 0.29) is 53.3 Å². The minimum atomic E-state index is -0.913. The first kappa shape index (κ1) is 39.4. The van der Waals surface area contributed by atoms with Crippen LogP contribution in [-0.4, -0.2) is 71.4 Å². The van der Waals surface area contributed by atoms with Gasteiger partial charge in [0.05, 0.1) is 38.3 Å².